The first kappa shape index (κ1) is 12.4. The third kappa shape index (κ3) is 2.05. The van der Waals surface area contributed by atoms with E-state index >= 15 is 0 Å². The molecule has 0 N–H and O–H groups in total. The monoisotopic (exact) mass is 269 g/mol. The van der Waals surface area contributed by atoms with Crippen LogP contribution in [0.2, 0.25) is 0 Å². The fourth-order valence-electron chi connectivity index (χ4n) is 2.01. The highest BCUT2D eigenvalue weighted by Gasteiger charge is 2.18. The van der Waals surface area contributed by atoms with Gasteiger partial charge in [0.25, 0.3) is 0 Å². The number of carbonyl (C=O) groups excluding carboxylic acids is 1. The number of benzene rings is 2. The van der Waals surface area contributed by atoms with Crippen molar-refractivity contribution in [2.75, 3.05) is 0 Å². The summed E-state index contributed by atoms with van der Waals surface area (Å²) in [6, 6.07) is 14.0. The summed E-state index contributed by atoms with van der Waals surface area (Å²) in [4.78, 5) is 16.4. The summed E-state index contributed by atoms with van der Waals surface area (Å²) in [5, 5.41) is 0.878. The van der Waals surface area contributed by atoms with Crippen LogP contribution in [0.1, 0.15) is 16.1 Å². The Kier molecular flexibility index (Phi) is 2.99. The van der Waals surface area contributed by atoms with Crippen molar-refractivity contribution in [3.63, 3.8) is 0 Å². The maximum Gasteiger partial charge on any atom is 0.214 e. The van der Waals surface area contributed by atoms with E-state index in [1.165, 1.54) is 18.2 Å². The summed E-state index contributed by atoms with van der Waals surface area (Å²) < 4.78 is 26.8. The molecule has 20 heavy (non-hydrogen) atoms. The van der Waals surface area contributed by atoms with Crippen LogP contribution in [0.3, 0.4) is 0 Å². The van der Waals surface area contributed by atoms with Crippen molar-refractivity contribution < 1.29 is 13.6 Å². The van der Waals surface area contributed by atoms with E-state index in [2.05, 4.69) is 4.98 Å². The Morgan fingerprint density at radius 2 is 1.70 bits per heavy atom. The number of aromatic nitrogens is 1. The lowest BCUT2D eigenvalue weighted by Gasteiger charge is -2.04. The molecule has 3 rings (SSSR count). The molecule has 0 fully saturated rings. The van der Waals surface area contributed by atoms with Crippen LogP contribution in [-0.4, -0.2) is 10.8 Å². The molecule has 0 amide bonds. The fraction of sp³-hybridized carbons (Fsp3) is 0. The summed E-state index contributed by atoms with van der Waals surface area (Å²) in [6.07, 6.45) is 0. The second-order valence-corrected chi connectivity index (χ2v) is 4.32. The van der Waals surface area contributed by atoms with Crippen LogP contribution >= 0.6 is 0 Å². The minimum Gasteiger partial charge on any atom is -0.287 e. The molecule has 4 heteroatoms. The van der Waals surface area contributed by atoms with Crippen LogP contribution in [-0.2, 0) is 0 Å². The molecule has 0 unspecified atom stereocenters. The molecule has 0 aliphatic heterocycles. The van der Waals surface area contributed by atoms with Gasteiger partial charge in [0.2, 0.25) is 5.78 Å². The average molecular weight is 269 g/mol. The fourth-order valence-corrected chi connectivity index (χ4v) is 2.01. The quantitative estimate of drug-likeness (QED) is 0.663. The molecule has 1 heterocycles. The topological polar surface area (TPSA) is 30.0 Å². The zero-order valence-corrected chi connectivity index (χ0v) is 10.3. The number of rotatable bonds is 2. The second-order valence-electron chi connectivity index (χ2n) is 4.32. The maximum atomic E-state index is 13.6. The Bertz CT molecular complexity index is 814. The molecule has 0 saturated heterocycles. The SMILES string of the molecule is O=C(c1ccc2ccccc2n1)c1cccc(F)c1F. The van der Waals surface area contributed by atoms with Gasteiger partial charge < -0.3 is 0 Å². The number of halogens is 2. The Morgan fingerprint density at radius 1 is 0.900 bits per heavy atom. The Balaban J connectivity index is 2.10. The van der Waals surface area contributed by atoms with Gasteiger partial charge in [-0.1, -0.05) is 30.3 Å². The normalized spacial score (nSPS) is 10.7. The number of pyridine rings is 1. The van der Waals surface area contributed by atoms with Crippen molar-refractivity contribution in [2.45, 2.75) is 0 Å². The molecule has 0 aliphatic carbocycles. The van der Waals surface area contributed by atoms with E-state index in [1.54, 1.807) is 18.2 Å². The highest BCUT2D eigenvalue weighted by atomic mass is 19.2. The van der Waals surface area contributed by atoms with Gasteiger partial charge in [0.15, 0.2) is 11.6 Å². The van der Waals surface area contributed by atoms with Crippen LogP contribution in [0.15, 0.2) is 54.6 Å². The van der Waals surface area contributed by atoms with E-state index in [9.17, 15) is 13.6 Å². The highest BCUT2D eigenvalue weighted by Crippen LogP contribution is 2.17. The van der Waals surface area contributed by atoms with E-state index < -0.39 is 17.4 Å². The smallest absolute Gasteiger partial charge is 0.214 e. The summed E-state index contributed by atoms with van der Waals surface area (Å²) in [5.41, 5.74) is 0.413. The first-order valence-electron chi connectivity index (χ1n) is 6.01. The Hall–Kier alpha value is -2.62. The number of carbonyl (C=O) groups is 1. The van der Waals surface area contributed by atoms with Gasteiger partial charge in [-0.2, -0.15) is 0 Å². The van der Waals surface area contributed by atoms with Crippen LogP contribution in [0, 0.1) is 11.6 Å². The van der Waals surface area contributed by atoms with Crippen molar-refractivity contribution in [2.24, 2.45) is 0 Å². The average Bonchev–Trinajstić information content (AvgIpc) is 2.49. The summed E-state index contributed by atoms with van der Waals surface area (Å²) in [5.74, 6) is -2.82. The van der Waals surface area contributed by atoms with Gasteiger partial charge in [-0.15, -0.1) is 0 Å². The van der Waals surface area contributed by atoms with E-state index in [4.69, 9.17) is 0 Å². The van der Waals surface area contributed by atoms with Gasteiger partial charge in [0, 0.05) is 5.39 Å². The number of para-hydroxylation sites is 1. The van der Waals surface area contributed by atoms with E-state index in [0.717, 1.165) is 11.5 Å². The molecule has 0 spiro atoms. The second kappa shape index (κ2) is 4.81. The Labute approximate surface area is 113 Å². The molecule has 0 bridgehead atoms. The van der Waals surface area contributed by atoms with Gasteiger partial charge in [0.1, 0.15) is 5.69 Å². The molecule has 0 radical (unpaired) electrons. The highest BCUT2D eigenvalue weighted by molar-refractivity contribution is 6.08. The number of ketones is 1. The summed E-state index contributed by atoms with van der Waals surface area (Å²) in [7, 11) is 0. The number of nitrogens with zero attached hydrogens (tertiary/aromatic N) is 1. The molecule has 0 atom stereocenters. The zero-order chi connectivity index (χ0) is 14.1. The van der Waals surface area contributed by atoms with Crippen molar-refractivity contribution in [3.05, 3.63) is 77.5 Å². The lowest BCUT2D eigenvalue weighted by Crippen LogP contribution is -2.07. The summed E-state index contributed by atoms with van der Waals surface area (Å²) >= 11 is 0. The number of hydrogen-bond donors (Lipinski definition) is 0. The molecule has 1 aromatic heterocycles. The van der Waals surface area contributed by atoms with Gasteiger partial charge in [-0.25, -0.2) is 13.8 Å². The van der Waals surface area contributed by atoms with Gasteiger partial charge >= 0.3 is 0 Å². The molecule has 0 saturated carbocycles. The predicted molar refractivity (Wildman–Crippen MR) is 71.5 cm³/mol. The standard InChI is InChI=1S/C16H9F2NO/c17-12-6-3-5-11(15(12)18)16(20)14-9-8-10-4-1-2-7-13(10)19-14/h1-9H. The zero-order valence-electron chi connectivity index (χ0n) is 10.3. The molecule has 0 aliphatic rings. The molecule has 2 nitrogen and oxygen atoms in total. The van der Waals surface area contributed by atoms with Gasteiger partial charge in [0.05, 0.1) is 11.1 Å². The molecule has 2 aromatic carbocycles. The lowest BCUT2D eigenvalue weighted by molar-refractivity contribution is 0.103. The predicted octanol–water partition coefficient (Wildman–Crippen LogP) is 3.74. The van der Waals surface area contributed by atoms with Gasteiger partial charge in [-0.05, 0) is 24.3 Å². The third-order valence-electron chi connectivity index (χ3n) is 3.03. The van der Waals surface area contributed by atoms with Crippen molar-refractivity contribution in [1.82, 2.24) is 4.98 Å². The first-order valence-corrected chi connectivity index (χ1v) is 6.01. The maximum absolute atomic E-state index is 13.6. The van der Waals surface area contributed by atoms with Crippen molar-refractivity contribution >= 4 is 16.7 Å². The molecule has 3 aromatic rings. The number of fused-ring (bicyclic) bond motifs is 1. The van der Waals surface area contributed by atoms with Crippen molar-refractivity contribution in [1.29, 1.82) is 0 Å². The third-order valence-corrected chi connectivity index (χ3v) is 3.03. The number of hydrogen-bond acceptors (Lipinski definition) is 2. The minimum absolute atomic E-state index is 0.0909. The van der Waals surface area contributed by atoms with Crippen LogP contribution < -0.4 is 0 Å². The first-order chi connectivity index (χ1) is 9.66. The van der Waals surface area contributed by atoms with E-state index in [0.29, 0.717) is 5.52 Å². The Morgan fingerprint density at radius 3 is 2.55 bits per heavy atom. The molecule has 98 valence electrons. The van der Waals surface area contributed by atoms with E-state index in [-0.39, 0.29) is 11.3 Å². The summed E-state index contributed by atoms with van der Waals surface area (Å²) in [6.45, 7) is 0. The largest absolute Gasteiger partial charge is 0.287 e. The minimum atomic E-state index is -1.15. The molecular weight excluding hydrogens is 260 g/mol. The molecular formula is C16H9F2NO. The van der Waals surface area contributed by atoms with Crippen LogP contribution in [0.4, 0.5) is 8.78 Å². The van der Waals surface area contributed by atoms with Crippen LogP contribution in [0.25, 0.3) is 10.9 Å². The van der Waals surface area contributed by atoms with Gasteiger partial charge in [-0.3, -0.25) is 4.79 Å². The van der Waals surface area contributed by atoms with Crippen LogP contribution in [0.5, 0.6) is 0 Å². The lowest BCUT2D eigenvalue weighted by atomic mass is 10.1. The van der Waals surface area contributed by atoms with Crippen molar-refractivity contribution in [3.8, 4) is 0 Å². The van der Waals surface area contributed by atoms with E-state index in [1.807, 2.05) is 12.1 Å².